The van der Waals surface area contributed by atoms with Crippen molar-refractivity contribution in [1.29, 1.82) is 0 Å². The van der Waals surface area contributed by atoms with Crippen molar-refractivity contribution < 1.29 is 27.5 Å². The molecule has 1 amide bonds. The highest BCUT2D eigenvalue weighted by atomic mass is 32.1. The quantitative estimate of drug-likeness (QED) is 0.191. The zero-order chi connectivity index (χ0) is 26.0. The molecule has 10 heteroatoms. The standard InChI is InChI=1S/C25H24F3N3O3S/c1-5-21(32)16-8-6-9-18(14-16)34-13-7-12-30-23(35)31(22(33)24(30,2)3)17-10-11-20(29-4)19(15-17)25(26,27)28/h6,8-11,14-15H,5,7,12-13H2,1-3H3. The monoisotopic (exact) mass is 503 g/mol. The van der Waals surface area contributed by atoms with Crippen LogP contribution in [0.1, 0.15) is 49.5 Å². The van der Waals surface area contributed by atoms with E-state index in [1.165, 1.54) is 6.07 Å². The fourth-order valence-corrected chi connectivity index (χ4v) is 4.31. The topological polar surface area (TPSA) is 54.2 Å². The SMILES string of the molecule is [C-]#[N+]c1ccc(N2C(=O)C(C)(C)N(CCCOc3cccc(C(=O)CC)c3)C2=S)cc1C(F)(F)F. The molecule has 3 rings (SSSR count). The number of nitrogens with zero attached hydrogens (tertiary/aromatic N) is 3. The number of carbonyl (C=O) groups excluding carboxylic acids is 2. The van der Waals surface area contributed by atoms with Crippen molar-refractivity contribution in [2.75, 3.05) is 18.1 Å². The maximum atomic E-state index is 13.4. The van der Waals surface area contributed by atoms with Crippen LogP contribution in [0.2, 0.25) is 0 Å². The lowest BCUT2D eigenvalue weighted by Crippen LogP contribution is -2.44. The summed E-state index contributed by atoms with van der Waals surface area (Å²) in [7, 11) is 0. The number of anilines is 1. The Morgan fingerprint density at radius 2 is 1.91 bits per heavy atom. The fraction of sp³-hybridized carbons (Fsp3) is 0.360. The molecule has 0 aliphatic carbocycles. The molecule has 35 heavy (non-hydrogen) atoms. The molecule has 0 spiro atoms. The summed E-state index contributed by atoms with van der Waals surface area (Å²) in [5.74, 6) is 0.0963. The van der Waals surface area contributed by atoms with Crippen LogP contribution >= 0.6 is 12.2 Å². The Hall–Kier alpha value is -3.45. The molecule has 0 saturated carbocycles. The summed E-state index contributed by atoms with van der Waals surface area (Å²) in [5, 5.41) is 0.0826. The summed E-state index contributed by atoms with van der Waals surface area (Å²) in [6.07, 6.45) is -3.88. The van der Waals surface area contributed by atoms with Crippen molar-refractivity contribution in [3.63, 3.8) is 0 Å². The van der Waals surface area contributed by atoms with Crippen molar-refractivity contribution in [1.82, 2.24) is 4.90 Å². The van der Waals surface area contributed by atoms with Gasteiger partial charge in [-0.15, -0.1) is 0 Å². The Morgan fingerprint density at radius 3 is 2.54 bits per heavy atom. The number of alkyl halides is 3. The third-order valence-electron chi connectivity index (χ3n) is 5.76. The van der Waals surface area contributed by atoms with Gasteiger partial charge in [0.2, 0.25) is 0 Å². The molecule has 1 fully saturated rings. The molecular weight excluding hydrogens is 479 g/mol. The maximum absolute atomic E-state index is 13.4. The van der Waals surface area contributed by atoms with Gasteiger partial charge in [-0.05, 0) is 56.8 Å². The van der Waals surface area contributed by atoms with E-state index in [-0.39, 0.29) is 23.2 Å². The lowest BCUT2D eigenvalue weighted by molar-refractivity contribution is -0.136. The molecule has 1 heterocycles. The second-order valence-electron chi connectivity index (χ2n) is 8.45. The lowest BCUT2D eigenvalue weighted by Gasteiger charge is -2.29. The van der Waals surface area contributed by atoms with E-state index in [0.717, 1.165) is 17.0 Å². The predicted molar refractivity (Wildman–Crippen MR) is 130 cm³/mol. The van der Waals surface area contributed by atoms with E-state index in [1.807, 2.05) is 0 Å². The normalized spacial score (nSPS) is 15.3. The zero-order valence-electron chi connectivity index (χ0n) is 19.5. The number of hydrogen-bond acceptors (Lipinski definition) is 4. The van der Waals surface area contributed by atoms with Crippen molar-refractivity contribution >= 4 is 40.4 Å². The van der Waals surface area contributed by atoms with Gasteiger partial charge in [-0.25, -0.2) is 4.85 Å². The summed E-state index contributed by atoms with van der Waals surface area (Å²) in [6, 6.07) is 9.99. The summed E-state index contributed by atoms with van der Waals surface area (Å²) < 4.78 is 46.1. The van der Waals surface area contributed by atoms with E-state index >= 15 is 0 Å². The predicted octanol–water partition coefficient (Wildman–Crippen LogP) is 6.03. The first-order valence-corrected chi connectivity index (χ1v) is 11.3. The minimum Gasteiger partial charge on any atom is -0.494 e. The fourth-order valence-electron chi connectivity index (χ4n) is 3.80. The van der Waals surface area contributed by atoms with Gasteiger partial charge in [0.25, 0.3) is 5.91 Å². The van der Waals surface area contributed by atoms with Gasteiger partial charge in [-0.2, -0.15) is 13.2 Å². The van der Waals surface area contributed by atoms with E-state index in [1.54, 1.807) is 49.9 Å². The van der Waals surface area contributed by atoms with Gasteiger partial charge >= 0.3 is 6.18 Å². The molecule has 2 aromatic rings. The van der Waals surface area contributed by atoms with Crippen LogP contribution in [-0.2, 0) is 11.0 Å². The molecule has 6 nitrogen and oxygen atoms in total. The minimum absolute atomic E-state index is 0.0105. The largest absolute Gasteiger partial charge is 0.494 e. The van der Waals surface area contributed by atoms with Crippen LogP contribution in [0.4, 0.5) is 24.5 Å². The van der Waals surface area contributed by atoms with Gasteiger partial charge in [0.1, 0.15) is 11.3 Å². The van der Waals surface area contributed by atoms with Crippen LogP contribution in [0.5, 0.6) is 5.75 Å². The minimum atomic E-state index is -4.74. The number of rotatable bonds is 8. The Morgan fingerprint density at radius 1 is 1.20 bits per heavy atom. The van der Waals surface area contributed by atoms with Crippen LogP contribution in [0.25, 0.3) is 4.85 Å². The van der Waals surface area contributed by atoms with E-state index in [4.69, 9.17) is 23.5 Å². The zero-order valence-corrected chi connectivity index (χ0v) is 20.3. The number of ketones is 1. The number of hydrogen-bond donors (Lipinski definition) is 0. The molecule has 0 N–H and O–H groups in total. The number of halogens is 3. The highest BCUT2D eigenvalue weighted by Crippen LogP contribution is 2.40. The second kappa shape index (κ2) is 10.0. The van der Waals surface area contributed by atoms with Crippen molar-refractivity contribution in [2.45, 2.75) is 45.3 Å². The third-order valence-corrected chi connectivity index (χ3v) is 6.16. The van der Waals surface area contributed by atoms with Crippen molar-refractivity contribution in [3.8, 4) is 5.75 Å². The molecule has 0 bridgehead atoms. The number of thiocarbonyl (C=S) groups is 1. The van der Waals surface area contributed by atoms with Crippen LogP contribution in [0.15, 0.2) is 42.5 Å². The first-order chi connectivity index (χ1) is 16.4. The summed E-state index contributed by atoms with van der Waals surface area (Å²) in [5.41, 5.74) is -2.22. The molecular formula is C25H24F3N3O3S. The molecule has 2 aromatic carbocycles. The van der Waals surface area contributed by atoms with Gasteiger partial charge in [-0.3, -0.25) is 14.5 Å². The summed E-state index contributed by atoms with van der Waals surface area (Å²) >= 11 is 5.48. The highest BCUT2D eigenvalue weighted by molar-refractivity contribution is 7.80. The van der Waals surface area contributed by atoms with Gasteiger partial charge in [0.05, 0.1) is 18.7 Å². The number of Topliss-reactive ketones (excluding diaryl/α,β-unsaturated/α-hetero) is 1. The summed E-state index contributed by atoms with van der Waals surface area (Å²) in [4.78, 5) is 30.7. The number of benzene rings is 2. The van der Waals surface area contributed by atoms with E-state index in [9.17, 15) is 22.8 Å². The lowest BCUT2D eigenvalue weighted by atomic mass is 10.0. The maximum Gasteiger partial charge on any atom is 0.407 e. The van der Waals surface area contributed by atoms with Gasteiger partial charge in [0.15, 0.2) is 16.6 Å². The highest BCUT2D eigenvalue weighted by Gasteiger charge is 2.49. The Balaban J connectivity index is 1.73. The molecule has 0 atom stereocenters. The van der Waals surface area contributed by atoms with Gasteiger partial charge in [-0.1, -0.05) is 25.1 Å². The molecule has 184 valence electrons. The van der Waals surface area contributed by atoms with E-state index < -0.39 is 28.9 Å². The van der Waals surface area contributed by atoms with Crippen LogP contribution in [-0.4, -0.2) is 40.4 Å². The Bertz CT molecular complexity index is 1200. The van der Waals surface area contributed by atoms with Crippen LogP contribution < -0.4 is 9.64 Å². The van der Waals surface area contributed by atoms with Crippen molar-refractivity contribution in [2.24, 2.45) is 0 Å². The number of ether oxygens (including phenoxy) is 1. The molecule has 0 radical (unpaired) electrons. The van der Waals surface area contributed by atoms with E-state index in [2.05, 4.69) is 4.85 Å². The average molecular weight is 504 g/mol. The first-order valence-electron chi connectivity index (χ1n) is 10.9. The summed E-state index contributed by atoms with van der Waals surface area (Å²) in [6.45, 7) is 12.7. The van der Waals surface area contributed by atoms with Crippen molar-refractivity contribution in [3.05, 3.63) is 65.0 Å². The second-order valence-corrected chi connectivity index (χ2v) is 8.82. The Kier molecular flexibility index (Phi) is 7.50. The molecule has 1 aliphatic rings. The number of amides is 1. The average Bonchev–Trinajstić information content (AvgIpc) is 2.99. The third kappa shape index (κ3) is 5.30. The smallest absolute Gasteiger partial charge is 0.407 e. The van der Waals surface area contributed by atoms with Gasteiger partial charge < -0.3 is 9.64 Å². The molecule has 0 unspecified atom stereocenters. The molecule has 1 saturated heterocycles. The first kappa shape index (κ1) is 26.2. The molecule has 0 aromatic heterocycles. The van der Waals surface area contributed by atoms with Gasteiger partial charge in [0, 0.05) is 24.2 Å². The van der Waals surface area contributed by atoms with E-state index in [0.29, 0.717) is 30.7 Å². The molecule has 1 aliphatic heterocycles. The Labute approximate surface area is 207 Å². The van der Waals surface area contributed by atoms with Crippen LogP contribution in [0, 0.1) is 6.57 Å². The van der Waals surface area contributed by atoms with Crippen LogP contribution in [0.3, 0.4) is 0 Å². The number of carbonyl (C=O) groups is 2.